The molecule has 0 aliphatic rings. The fourth-order valence-electron chi connectivity index (χ4n) is 6.80. The van der Waals surface area contributed by atoms with Crippen LogP contribution in [0.2, 0.25) is 0 Å². The van der Waals surface area contributed by atoms with Crippen molar-refractivity contribution in [2.75, 3.05) is 6.61 Å². The Hall–Kier alpha value is -1.13. The monoisotopic (exact) mass is 690 g/mol. The first-order valence-corrected chi connectivity index (χ1v) is 22.0. The highest BCUT2D eigenvalue weighted by Gasteiger charge is 2.20. The van der Waals surface area contributed by atoms with Crippen molar-refractivity contribution in [1.29, 1.82) is 0 Å². The van der Waals surface area contributed by atoms with Crippen LogP contribution in [0.15, 0.2) is 24.3 Å². The Labute approximate surface area is 307 Å². The molecule has 290 valence electrons. The highest BCUT2D eigenvalue weighted by Crippen LogP contribution is 2.16. The summed E-state index contributed by atoms with van der Waals surface area (Å²) in [6.07, 6.45) is 52.5. The Morgan fingerprint density at radius 3 is 1.24 bits per heavy atom. The van der Waals surface area contributed by atoms with Crippen molar-refractivity contribution in [1.82, 2.24) is 5.32 Å². The molecule has 0 spiro atoms. The van der Waals surface area contributed by atoms with Gasteiger partial charge in [0.05, 0.1) is 18.8 Å². The zero-order valence-electron chi connectivity index (χ0n) is 33.2. The van der Waals surface area contributed by atoms with Gasteiger partial charge in [-0.1, -0.05) is 212 Å². The van der Waals surface area contributed by atoms with Crippen LogP contribution in [-0.2, 0) is 4.79 Å². The molecule has 0 bridgehead atoms. The quantitative estimate of drug-likeness (QED) is 0.0443. The van der Waals surface area contributed by atoms with Gasteiger partial charge in [0.25, 0.3) is 0 Å². The summed E-state index contributed by atoms with van der Waals surface area (Å²) in [4.78, 5) is 12.4. The van der Waals surface area contributed by atoms with Crippen molar-refractivity contribution in [2.24, 2.45) is 0 Å². The van der Waals surface area contributed by atoms with Crippen LogP contribution in [0.1, 0.15) is 239 Å². The lowest BCUT2D eigenvalue weighted by Gasteiger charge is -2.22. The van der Waals surface area contributed by atoms with E-state index in [2.05, 4.69) is 43.5 Å². The second kappa shape index (κ2) is 41.3. The van der Waals surface area contributed by atoms with Crippen LogP contribution >= 0.6 is 0 Å². The molecule has 3 N–H and O–H groups in total. The molecule has 0 aliphatic carbocycles. The molecule has 1 amide bonds. The van der Waals surface area contributed by atoms with Crippen LogP contribution < -0.4 is 5.32 Å². The van der Waals surface area contributed by atoms with Gasteiger partial charge >= 0.3 is 0 Å². The van der Waals surface area contributed by atoms with Crippen molar-refractivity contribution in [3.05, 3.63) is 24.3 Å². The van der Waals surface area contributed by atoms with Gasteiger partial charge in [-0.3, -0.25) is 4.79 Å². The molecule has 0 aliphatic heterocycles. The molecule has 0 fully saturated rings. The zero-order valence-corrected chi connectivity index (χ0v) is 33.2. The highest BCUT2D eigenvalue weighted by atomic mass is 16.3. The Balaban J connectivity index is 3.52. The number of amides is 1. The van der Waals surface area contributed by atoms with E-state index in [-0.39, 0.29) is 12.5 Å². The number of aliphatic hydroxyl groups is 2. The van der Waals surface area contributed by atoms with E-state index < -0.39 is 12.1 Å². The minimum atomic E-state index is -0.661. The second-order valence-corrected chi connectivity index (χ2v) is 15.1. The lowest BCUT2D eigenvalue weighted by atomic mass is 10.0. The number of hydrogen-bond donors (Lipinski definition) is 3. The average molecular weight is 690 g/mol. The number of nitrogens with one attached hydrogen (secondary N) is 1. The van der Waals surface area contributed by atoms with E-state index in [9.17, 15) is 15.0 Å². The Morgan fingerprint density at radius 2 is 0.837 bits per heavy atom. The normalized spacial score (nSPS) is 13.1. The van der Waals surface area contributed by atoms with Gasteiger partial charge in [0.15, 0.2) is 0 Å². The molecular weight excluding hydrogens is 602 g/mol. The van der Waals surface area contributed by atoms with E-state index in [1.165, 1.54) is 180 Å². The summed E-state index contributed by atoms with van der Waals surface area (Å²) >= 11 is 0. The molecular formula is C45H87NO3. The maximum absolute atomic E-state index is 12.4. The number of carbonyl (C=O) groups is 1. The maximum Gasteiger partial charge on any atom is 0.220 e. The first-order chi connectivity index (χ1) is 24.2. The van der Waals surface area contributed by atoms with Crippen molar-refractivity contribution >= 4 is 5.91 Å². The van der Waals surface area contributed by atoms with E-state index in [4.69, 9.17) is 0 Å². The number of carbonyl (C=O) groups excluding carboxylic acids is 1. The standard InChI is InChI=1S/C45H87NO3/c1-3-5-7-9-11-13-15-17-19-21-23-24-26-28-30-32-34-36-38-40-44(48)43(42-47)46-45(49)41-39-37-35-33-31-29-27-25-22-20-18-16-14-12-10-8-6-4-2/h14,16,20,22,43-44,47-48H,3-13,15,17-19,21,23-42H2,1-2H3,(H,46,49)/b16-14-,22-20-. The summed E-state index contributed by atoms with van der Waals surface area (Å²) in [5.74, 6) is -0.0376. The SMILES string of the molecule is CCCCCC/C=C\C/C=C\CCCCCCCCCC(=O)NC(CO)C(O)CCCCCCCCCCCCCCCCCCCCC. The van der Waals surface area contributed by atoms with Gasteiger partial charge < -0.3 is 15.5 Å². The molecule has 0 saturated heterocycles. The minimum Gasteiger partial charge on any atom is -0.394 e. The van der Waals surface area contributed by atoms with E-state index >= 15 is 0 Å². The molecule has 0 aromatic carbocycles. The van der Waals surface area contributed by atoms with Crippen LogP contribution in [0, 0.1) is 0 Å². The van der Waals surface area contributed by atoms with Crippen LogP contribution in [0.25, 0.3) is 0 Å². The fourth-order valence-corrected chi connectivity index (χ4v) is 6.80. The van der Waals surface area contributed by atoms with Gasteiger partial charge in [0.1, 0.15) is 0 Å². The minimum absolute atomic E-state index is 0.0376. The van der Waals surface area contributed by atoms with Crippen LogP contribution in [0.5, 0.6) is 0 Å². The van der Waals surface area contributed by atoms with Gasteiger partial charge in [-0.05, 0) is 44.9 Å². The van der Waals surface area contributed by atoms with Gasteiger partial charge in [0.2, 0.25) is 5.91 Å². The fraction of sp³-hybridized carbons (Fsp3) is 0.889. The summed E-state index contributed by atoms with van der Waals surface area (Å²) in [6, 6.07) is -0.538. The Kier molecular flexibility index (Phi) is 40.3. The molecule has 0 aromatic heterocycles. The molecule has 2 unspecified atom stereocenters. The highest BCUT2D eigenvalue weighted by molar-refractivity contribution is 5.76. The van der Waals surface area contributed by atoms with Gasteiger partial charge in [-0.15, -0.1) is 0 Å². The van der Waals surface area contributed by atoms with Gasteiger partial charge in [0, 0.05) is 6.42 Å². The van der Waals surface area contributed by atoms with Crippen LogP contribution in [0.4, 0.5) is 0 Å². The predicted molar refractivity (Wildman–Crippen MR) is 216 cm³/mol. The van der Waals surface area contributed by atoms with E-state index in [0.717, 1.165) is 32.1 Å². The smallest absolute Gasteiger partial charge is 0.220 e. The lowest BCUT2D eigenvalue weighted by Crippen LogP contribution is -2.45. The first-order valence-electron chi connectivity index (χ1n) is 22.0. The summed E-state index contributed by atoms with van der Waals surface area (Å²) in [7, 11) is 0. The Bertz CT molecular complexity index is 705. The molecule has 2 atom stereocenters. The summed E-state index contributed by atoms with van der Waals surface area (Å²) < 4.78 is 0. The third-order valence-electron chi connectivity index (χ3n) is 10.2. The van der Waals surface area contributed by atoms with Gasteiger partial charge in [-0.25, -0.2) is 0 Å². The molecule has 49 heavy (non-hydrogen) atoms. The van der Waals surface area contributed by atoms with Crippen molar-refractivity contribution in [3.63, 3.8) is 0 Å². The predicted octanol–water partition coefficient (Wildman–Crippen LogP) is 13.6. The third-order valence-corrected chi connectivity index (χ3v) is 10.2. The molecule has 0 saturated carbocycles. The van der Waals surface area contributed by atoms with Crippen LogP contribution in [-0.4, -0.2) is 34.9 Å². The molecule has 0 rings (SSSR count). The number of rotatable bonds is 40. The maximum atomic E-state index is 12.4. The number of aliphatic hydroxyl groups excluding tert-OH is 2. The second-order valence-electron chi connectivity index (χ2n) is 15.1. The summed E-state index contributed by atoms with van der Waals surface area (Å²) in [6.45, 7) is 4.35. The number of allylic oxidation sites excluding steroid dienone is 4. The first kappa shape index (κ1) is 47.9. The van der Waals surface area contributed by atoms with E-state index in [0.29, 0.717) is 12.8 Å². The van der Waals surface area contributed by atoms with E-state index in [1.807, 2.05) is 0 Å². The third kappa shape index (κ3) is 37.9. The molecule has 4 nitrogen and oxygen atoms in total. The van der Waals surface area contributed by atoms with Crippen molar-refractivity contribution < 1.29 is 15.0 Å². The summed E-state index contributed by atoms with van der Waals surface area (Å²) in [5.41, 5.74) is 0. The summed E-state index contributed by atoms with van der Waals surface area (Å²) in [5, 5.41) is 23.2. The topological polar surface area (TPSA) is 69.6 Å². The molecule has 4 heteroatoms. The van der Waals surface area contributed by atoms with Crippen LogP contribution in [0.3, 0.4) is 0 Å². The molecule has 0 radical (unpaired) electrons. The van der Waals surface area contributed by atoms with E-state index in [1.54, 1.807) is 0 Å². The number of hydrogen-bond acceptors (Lipinski definition) is 3. The molecule has 0 aromatic rings. The average Bonchev–Trinajstić information content (AvgIpc) is 3.10. The van der Waals surface area contributed by atoms with Gasteiger partial charge in [-0.2, -0.15) is 0 Å². The Morgan fingerprint density at radius 1 is 0.490 bits per heavy atom. The lowest BCUT2D eigenvalue weighted by molar-refractivity contribution is -0.123. The molecule has 0 heterocycles. The largest absolute Gasteiger partial charge is 0.394 e. The zero-order chi connectivity index (χ0) is 35.7. The van der Waals surface area contributed by atoms with Crippen molar-refractivity contribution in [2.45, 2.75) is 251 Å². The van der Waals surface area contributed by atoms with Crippen molar-refractivity contribution in [3.8, 4) is 0 Å². The number of unbranched alkanes of at least 4 members (excludes halogenated alkanes) is 29.